The second kappa shape index (κ2) is 7.75. The summed E-state index contributed by atoms with van der Waals surface area (Å²) in [5.41, 5.74) is 0. The first-order valence-corrected chi connectivity index (χ1v) is 8.44. The molecular weight excluding hydrogens is 278 g/mol. The maximum Gasteiger partial charge on any atom is 0.0702 e. The molecule has 0 aromatic heterocycles. The van der Waals surface area contributed by atoms with Gasteiger partial charge in [-0.25, -0.2) is 0 Å². The van der Waals surface area contributed by atoms with Crippen LogP contribution in [0.2, 0.25) is 0 Å². The molecule has 0 bridgehead atoms. The molecule has 1 aliphatic heterocycles. The second-order valence-corrected chi connectivity index (χ2v) is 6.26. The van der Waals surface area contributed by atoms with Crippen molar-refractivity contribution in [2.45, 2.75) is 63.5 Å². The Morgan fingerprint density at radius 2 is 1.76 bits per heavy atom. The Kier molecular flexibility index (Phi) is 6.30. The van der Waals surface area contributed by atoms with E-state index in [-0.39, 0.29) is 0 Å². The van der Waals surface area contributed by atoms with Gasteiger partial charge in [-0.3, -0.25) is 4.90 Å². The van der Waals surface area contributed by atoms with Crippen LogP contribution >= 0.6 is 15.9 Å². The molecule has 1 heterocycles. The number of ether oxygens (including phenoxy) is 1. The molecule has 2 aliphatic rings. The number of hydrogen-bond donors (Lipinski definition) is 0. The second-order valence-electron chi connectivity index (χ2n) is 5.46. The fraction of sp³-hybridized carbons (Fsp3) is 1.00. The van der Waals surface area contributed by atoms with E-state index in [1.807, 2.05) is 0 Å². The van der Waals surface area contributed by atoms with Gasteiger partial charge in [-0.1, -0.05) is 35.2 Å². The van der Waals surface area contributed by atoms with E-state index in [2.05, 4.69) is 20.8 Å². The highest BCUT2D eigenvalue weighted by Crippen LogP contribution is 2.24. The molecule has 1 aliphatic carbocycles. The molecule has 0 N–H and O–H groups in total. The van der Waals surface area contributed by atoms with Crippen molar-refractivity contribution in [3.05, 3.63) is 0 Å². The van der Waals surface area contributed by atoms with Crippen LogP contribution in [0, 0.1) is 0 Å². The highest BCUT2D eigenvalue weighted by atomic mass is 79.9. The number of halogens is 1. The van der Waals surface area contributed by atoms with Crippen LogP contribution in [0.15, 0.2) is 0 Å². The summed E-state index contributed by atoms with van der Waals surface area (Å²) in [5, 5.41) is 1.09. The Hall–Kier alpha value is 0.400. The van der Waals surface area contributed by atoms with Crippen LogP contribution in [0.1, 0.15) is 51.4 Å². The third-order valence-corrected chi connectivity index (χ3v) is 4.53. The fourth-order valence-electron chi connectivity index (χ4n) is 3.19. The standard InChI is InChI=1S/C14H26BrNO/c15-9-10-16(13-6-2-1-3-7-13)12-14-8-4-5-11-17-14/h13-14H,1-12H2. The Morgan fingerprint density at radius 3 is 2.41 bits per heavy atom. The van der Waals surface area contributed by atoms with Crippen molar-refractivity contribution in [3.63, 3.8) is 0 Å². The molecule has 1 unspecified atom stereocenters. The van der Waals surface area contributed by atoms with E-state index in [1.54, 1.807) is 0 Å². The molecule has 0 spiro atoms. The van der Waals surface area contributed by atoms with E-state index >= 15 is 0 Å². The van der Waals surface area contributed by atoms with Crippen molar-refractivity contribution >= 4 is 15.9 Å². The molecule has 0 radical (unpaired) electrons. The minimum absolute atomic E-state index is 0.504. The van der Waals surface area contributed by atoms with Gasteiger partial charge in [0.2, 0.25) is 0 Å². The molecule has 17 heavy (non-hydrogen) atoms. The Labute approximate surface area is 114 Å². The normalized spacial score (nSPS) is 27.5. The van der Waals surface area contributed by atoms with E-state index in [4.69, 9.17) is 4.74 Å². The summed E-state index contributed by atoms with van der Waals surface area (Å²) in [6, 6.07) is 0.826. The zero-order valence-electron chi connectivity index (χ0n) is 10.9. The lowest BCUT2D eigenvalue weighted by molar-refractivity contribution is -0.0155. The lowest BCUT2D eigenvalue weighted by Crippen LogP contribution is -2.44. The monoisotopic (exact) mass is 303 g/mol. The van der Waals surface area contributed by atoms with Gasteiger partial charge in [-0.05, 0) is 32.1 Å². The van der Waals surface area contributed by atoms with Crippen molar-refractivity contribution in [2.24, 2.45) is 0 Å². The van der Waals surface area contributed by atoms with Gasteiger partial charge in [0.25, 0.3) is 0 Å². The van der Waals surface area contributed by atoms with E-state index < -0.39 is 0 Å². The Balaban J connectivity index is 1.81. The Bertz CT molecular complexity index is 200. The third-order valence-electron chi connectivity index (χ3n) is 4.17. The summed E-state index contributed by atoms with van der Waals surface area (Å²) in [6.07, 6.45) is 11.5. The van der Waals surface area contributed by atoms with Crippen LogP contribution in [0.25, 0.3) is 0 Å². The lowest BCUT2D eigenvalue weighted by Gasteiger charge is -2.37. The molecular formula is C14H26BrNO. The quantitative estimate of drug-likeness (QED) is 0.720. The first kappa shape index (κ1) is 13.8. The van der Waals surface area contributed by atoms with Crippen molar-refractivity contribution in [3.8, 4) is 0 Å². The van der Waals surface area contributed by atoms with E-state index in [0.717, 1.165) is 24.5 Å². The fourth-order valence-corrected chi connectivity index (χ4v) is 3.65. The van der Waals surface area contributed by atoms with Gasteiger partial charge >= 0.3 is 0 Å². The Morgan fingerprint density at radius 1 is 1.00 bits per heavy atom. The number of rotatable bonds is 5. The van der Waals surface area contributed by atoms with Crippen LogP contribution in [0.4, 0.5) is 0 Å². The zero-order chi connectivity index (χ0) is 11.9. The van der Waals surface area contributed by atoms with Crippen LogP contribution in [0.5, 0.6) is 0 Å². The molecule has 2 rings (SSSR count). The number of nitrogens with zero attached hydrogens (tertiary/aromatic N) is 1. The maximum atomic E-state index is 5.89. The number of alkyl halides is 1. The summed E-state index contributed by atoms with van der Waals surface area (Å²) >= 11 is 3.60. The molecule has 3 heteroatoms. The molecule has 1 saturated carbocycles. The van der Waals surface area contributed by atoms with Gasteiger partial charge < -0.3 is 4.74 Å². The van der Waals surface area contributed by atoms with Gasteiger partial charge in [0.1, 0.15) is 0 Å². The molecule has 1 atom stereocenters. The summed E-state index contributed by atoms with van der Waals surface area (Å²) in [4.78, 5) is 2.68. The van der Waals surface area contributed by atoms with Gasteiger partial charge in [0.05, 0.1) is 6.10 Å². The minimum Gasteiger partial charge on any atom is -0.377 e. The van der Waals surface area contributed by atoms with Gasteiger partial charge in [0, 0.05) is 31.1 Å². The highest BCUT2D eigenvalue weighted by Gasteiger charge is 2.24. The van der Waals surface area contributed by atoms with Crippen molar-refractivity contribution in [1.29, 1.82) is 0 Å². The van der Waals surface area contributed by atoms with Crippen molar-refractivity contribution in [2.75, 3.05) is 25.0 Å². The molecule has 0 aromatic rings. The van der Waals surface area contributed by atoms with Crippen LogP contribution in [-0.4, -0.2) is 42.1 Å². The van der Waals surface area contributed by atoms with Crippen LogP contribution < -0.4 is 0 Å². The van der Waals surface area contributed by atoms with Gasteiger partial charge in [-0.2, -0.15) is 0 Å². The van der Waals surface area contributed by atoms with E-state index in [1.165, 1.54) is 57.9 Å². The molecule has 2 nitrogen and oxygen atoms in total. The maximum absolute atomic E-state index is 5.89. The third kappa shape index (κ3) is 4.53. The summed E-state index contributed by atoms with van der Waals surface area (Å²) in [6.45, 7) is 3.33. The van der Waals surface area contributed by atoms with Crippen LogP contribution in [0.3, 0.4) is 0 Å². The zero-order valence-corrected chi connectivity index (χ0v) is 12.5. The predicted molar refractivity (Wildman–Crippen MR) is 75.8 cm³/mol. The largest absolute Gasteiger partial charge is 0.377 e. The summed E-state index contributed by atoms with van der Waals surface area (Å²) in [7, 11) is 0. The first-order valence-electron chi connectivity index (χ1n) is 7.32. The van der Waals surface area contributed by atoms with Crippen molar-refractivity contribution in [1.82, 2.24) is 4.90 Å². The molecule has 0 amide bonds. The highest BCUT2D eigenvalue weighted by molar-refractivity contribution is 9.09. The minimum atomic E-state index is 0.504. The molecule has 0 aromatic carbocycles. The van der Waals surface area contributed by atoms with Gasteiger partial charge in [-0.15, -0.1) is 0 Å². The molecule has 100 valence electrons. The lowest BCUT2D eigenvalue weighted by atomic mass is 9.93. The van der Waals surface area contributed by atoms with Crippen LogP contribution in [-0.2, 0) is 4.74 Å². The molecule has 1 saturated heterocycles. The van der Waals surface area contributed by atoms with E-state index in [9.17, 15) is 0 Å². The average molecular weight is 304 g/mol. The smallest absolute Gasteiger partial charge is 0.0702 e. The topological polar surface area (TPSA) is 12.5 Å². The first-order chi connectivity index (χ1) is 8.40. The predicted octanol–water partition coefficient (Wildman–Crippen LogP) is 3.59. The average Bonchev–Trinajstić information content (AvgIpc) is 2.40. The van der Waals surface area contributed by atoms with Crippen molar-refractivity contribution < 1.29 is 4.74 Å². The summed E-state index contributed by atoms with van der Waals surface area (Å²) < 4.78 is 5.89. The van der Waals surface area contributed by atoms with E-state index in [0.29, 0.717) is 6.10 Å². The number of hydrogen-bond acceptors (Lipinski definition) is 2. The van der Waals surface area contributed by atoms with Gasteiger partial charge in [0.15, 0.2) is 0 Å². The summed E-state index contributed by atoms with van der Waals surface area (Å²) in [5.74, 6) is 0. The molecule has 2 fully saturated rings. The SMILES string of the molecule is BrCCN(CC1CCCCO1)C1CCCCC1.